The van der Waals surface area contributed by atoms with Gasteiger partial charge in [0.05, 0.1) is 0 Å². The number of fused-ring (bicyclic) bond motifs is 1. The van der Waals surface area contributed by atoms with Crippen LogP contribution in [0.3, 0.4) is 0 Å². The number of hydrogen-bond acceptors (Lipinski definition) is 2. The maximum absolute atomic E-state index is 12.3. The summed E-state index contributed by atoms with van der Waals surface area (Å²) in [5.74, 6) is 0.609. The number of ether oxygens (including phenoxy) is 1. The SMILES string of the molecule is Cc1cc(C)cc(O[C@H](C)C(=O)NCc2ccc3ccccc3c2)c1. The molecule has 0 bridgehead atoms. The maximum atomic E-state index is 12.3. The van der Waals surface area contributed by atoms with E-state index in [4.69, 9.17) is 4.74 Å². The zero-order chi connectivity index (χ0) is 17.8. The van der Waals surface area contributed by atoms with Crippen LogP contribution in [-0.2, 0) is 11.3 Å². The van der Waals surface area contributed by atoms with E-state index >= 15 is 0 Å². The van der Waals surface area contributed by atoms with Crippen LogP contribution in [0.15, 0.2) is 60.7 Å². The predicted molar refractivity (Wildman–Crippen MR) is 102 cm³/mol. The molecule has 0 unspecified atom stereocenters. The van der Waals surface area contributed by atoms with Crippen LogP contribution in [0.1, 0.15) is 23.6 Å². The van der Waals surface area contributed by atoms with Gasteiger partial charge >= 0.3 is 0 Å². The number of aryl methyl sites for hydroxylation is 2. The average Bonchev–Trinajstić information content (AvgIpc) is 2.58. The minimum Gasteiger partial charge on any atom is -0.481 e. The molecular formula is C22H23NO2. The molecule has 0 heterocycles. The average molecular weight is 333 g/mol. The van der Waals surface area contributed by atoms with Gasteiger partial charge in [0.15, 0.2) is 6.10 Å². The zero-order valence-electron chi connectivity index (χ0n) is 14.9. The van der Waals surface area contributed by atoms with Gasteiger partial charge in [-0.1, -0.05) is 42.5 Å². The van der Waals surface area contributed by atoms with Gasteiger partial charge in [-0.25, -0.2) is 0 Å². The molecule has 3 rings (SSSR count). The molecule has 128 valence electrons. The van der Waals surface area contributed by atoms with Gasteiger partial charge in [-0.3, -0.25) is 4.79 Å². The molecule has 1 amide bonds. The van der Waals surface area contributed by atoms with Gasteiger partial charge < -0.3 is 10.1 Å². The molecule has 25 heavy (non-hydrogen) atoms. The molecule has 0 aliphatic rings. The minimum absolute atomic E-state index is 0.118. The van der Waals surface area contributed by atoms with Gasteiger partial charge in [-0.15, -0.1) is 0 Å². The number of benzene rings is 3. The van der Waals surface area contributed by atoms with Crippen molar-refractivity contribution in [3.63, 3.8) is 0 Å². The van der Waals surface area contributed by atoms with Crippen LogP contribution >= 0.6 is 0 Å². The molecule has 1 atom stereocenters. The highest BCUT2D eigenvalue weighted by Gasteiger charge is 2.14. The highest BCUT2D eigenvalue weighted by molar-refractivity contribution is 5.83. The van der Waals surface area contributed by atoms with Crippen LogP contribution in [0.2, 0.25) is 0 Å². The first-order valence-corrected chi connectivity index (χ1v) is 8.51. The summed E-state index contributed by atoms with van der Waals surface area (Å²) in [5.41, 5.74) is 3.32. The summed E-state index contributed by atoms with van der Waals surface area (Å²) in [4.78, 5) is 12.3. The number of hydrogen-bond donors (Lipinski definition) is 1. The normalized spacial score (nSPS) is 12.0. The van der Waals surface area contributed by atoms with E-state index in [1.54, 1.807) is 6.92 Å². The Kier molecular flexibility index (Phi) is 5.03. The van der Waals surface area contributed by atoms with Crippen LogP contribution in [0, 0.1) is 13.8 Å². The molecule has 0 aliphatic heterocycles. The summed E-state index contributed by atoms with van der Waals surface area (Å²) >= 11 is 0. The summed E-state index contributed by atoms with van der Waals surface area (Å²) in [7, 11) is 0. The van der Waals surface area contributed by atoms with Crippen molar-refractivity contribution < 1.29 is 9.53 Å². The van der Waals surface area contributed by atoms with Gasteiger partial charge in [0.1, 0.15) is 5.75 Å². The number of amides is 1. The lowest BCUT2D eigenvalue weighted by molar-refractivity contribution is -0.127. The molecule has 0 saturated carbocycles. The number of carbonyl (C=O) groups excluding carboxylic acids is 1. The molecule has 3 heteroatoms. The van der Waals surface area contributed by atoms with Crippen LogP contribution < -0.4 is 10.1 Å². The standard InChI is InChI=1S/C22H23NO2/c1-15-10-16(2)12-21(11-15)25-17(3)22(24)23-14-18-8-9-19-6-4-5-7-20(19)13-18/h4-13,17H,14H2,1-3H3,(H,23,24)/t17-/m1/s1. The molecule has 3 nitrogen and oxygen atoms in total. The van der Waals surface area contributed by atoms with Gasteiger partial charge in [-0.2, -0.15) is 0 Å². The van der Waals surface area contributed by atoms with E-state index in [2.05, 4.69) is 35.6 Å². The van der Waals surface area contributed by atoms with Crippen LogP contribution in [0.4, 0.5) is 0 Å². The molecule has 0 saturated heterocycles. The van der Waals surface area contributed by atoms with Crippen molar-refractivity contribution in [2.24, 2.45) is 0 Å². The lowest BCUT2D eigenvalue weighted by Crippen LogP contribution is -2.35. The van der Waals surface area contributed by atoms with Gasteiger partial charge in [0.25, 0.3) is 5.91 Å². The monoisotopic (exact) mass is 333 g/mol. The van der Waals surface area contributed by atoms with Crippen molar-refractivity contribution in [1.29, 1.82) is 0 Å². The highest BCUT2D eigenvalue weighted by atomic mass is 16.5. The summed E-state index contributed by atoms with van der Waals surface area (Å²) in [6, 6.07) is 20.4. The van der Waals surface area contributed by atoms with Crippen molar-refractivity contribution in [2.45, 2.75) is 33.4 Å². The number of carbonyl (C=O) groups is 1. The van der Waals surface area contributed by atoms with Gasteiger partial charge in [0, 0.05) is 6.54 Å². The fourth-order valence-corrected chi connectivity index (χ4v) is 2.94. The predicted octanol–water partition coefficient (Wildman–Crippen LogP) is 4.54. The summed E-state index contributed by atoms with van der Waals surface area (Å²) in [6.45, 7) is 6.30. The molecule has 1 N–H and O–H groups in total. The lowest BCUT2D eigenvalue weighted by atomic mass is 10.1. The van der Waals surface area contributed by atoms with E-state index in [1.807, 2.05) is 44.2 Å². The maximum Gasteiger partial charge on any atom is 0.261 e. The van der Waals surface area contributed by atoms with E-state index in [0.717, 1.165) is 22.4 Å². The fourth-order valence-electron chi connectivity index (χ4n) is 2.94. The molecule has 0 aromatic heterocycles. The highest BCUT2D eigenvalue weighted by Crippen LogP contribution is 2.18. The molecule has 0 radical (unpaired) electrons. The zero-order valence-corrected chi connectivity index (χ0v) is 14.9. The lowest BCUT2D eigenvalue weighted by Gasteiger charge is -2.16. The Bertz CT molecular complexity index is 881. The fraction of sp³-hybridized carbons (Fsp3) is 0.227. The van der Waals surface area contributed by atoms with Crippen LogP contribution in [-0.4, -0.2) is 12.0 Å². The quantitative estimate of drug-likeness (QED) is 0.744. The molecule has 0 spiro atoms. The van der Waals surface area contributed by atoms with Crippen molar-refractivity contribution in [3.8, 4) is 5.75 Å². The Balaban J connectivity index is 1.60. The molecule has 3 aromatic rings. The van der Waals surface area contributed by atoms with Crippen molar-refractivity contribution in [3.05, 3.63) is 77.4 Å². The second kappa shape index (κ2) is 7.39. The third-order valence-corrected chi connectivity index (χ3v) is 4.16. The molecular weight excluding hydrogens is 310 g/mol. The Hall–Kier alpha value is -2.81. The van der Waals surface area contributed by atoms with E-state index in [0.29, 0.717) is 6.54 Å². The topological polar surface area (TPSA) is 38.3 Å². The second-order valence-electron chi connectivity index (χ2n) is 6.48. The number of rotatable bonds is 5. The van der Waals surface area contributed by atoms with Crippen LogP contribution in [0.5, 0.6) is 5.75 Å². The van der Waals surface area contributed by atoms with Gasteiger partial charge in [-0.05, 0) is 66.4 Å². The molecule has 0 aliphatic carbocycles. The van der Waals surface area contributed by atoms with Crippen LogP contribution in [0.25, 0.3) is 10.8 Å². The molecule has 0 fully saturated rings. The van der Waals surface area contributed by atoms with Crippen molar-refractivity contribution in [2.75, 3.05) is 0 Å². The van der Waals surface area contributed by atoms with Crippen molar-refractivity contribution >= 4 is 16.7 Å². The van der Waals surface area contributed by atoms with E-state index in [-0.39, 0.29) is 5.91 Å². The van der Waals surface area contributed by atoms with Gasteiger partial charge in [0.2, 0.25) is 0 Å². The smallest absolute Gasteiger partial charge is 0.261 e. The summed E-state index contributed by atoms with van der Waals surface area (Å²) in [5, 5.41) is 5.32. The number of nitrogens with one attached hydrogen (secondary N) is 1. The first-order valence-electron chi connectivity index (χ1n) is 8.51. The first kappa shape index (κ1) is 17.0. The van der Waals surface area contributed by atoms with E-state index in [1.165, 1.54) is 10.8 Å². The molecule has 3 aromatic carbocycles. The Morgan fingerprint density at radius 3 is 2.36 bits per heavy atom. The second-order valence-corrected chi connectivity index (χ2v) is 6.48. The summed E-state index contributed by atoms with van der Waals surface area (Å²) < 4.78 is 5.78. The van der Waals surface area contributed by atoms with E-state index in [9.17, 15) is 4.79 Å². The third kappa shape index (κ3) is 4.38. The van der Waals surface area contributed by atoms with E-state index < -0.39 is 6.10 Å². The third-order valence-electron chi connectivity index (χ3n) is 4.16. The first-order chi connectivity index (χ1) is 12.0. The minimum atomic E-state index is -0.540. The summed E-state index contributed by atoms with van der Waals surface area (Å²) in [6.07, 6.45) is -0.540. The Labute approximate surface area is 148 Å². The largest absolute Gasteiger partial charge is 0.481 e. The Morgan fingerprint density at radius 1 is 0.960 bits per heavy atom. The Morgan fingerprint density at radius 2 is 1.64 bits per heavy atom. The van der Waals surface area contributed by atoms with Crippen molar-refractivity contribution in [1.82, 2.24) is 5.32 Å².